The van der Waals surface area contributed by atoms with Gasteiger partial charge in [0, 0.05) is 7.11 Å². The van der Waals surface area contributed by atoms with Crippen LogP contribution in [0.25, 0.3) is 10.9 Å². The number of aryl methyl sites for hydroxylation is 1. The van der Waals surface area contributed by atoms with Gasteiger partial charge < -0.3 is 9.15 Å². The quantitative estimate of drug-likeness (QED) is 0.666. The number of likely N-dealkylation sites (tertiary alicyclic amines) is 1. The molecular formula is C20H24N4O3. The normalized spacial score (nSPS) is 17.8. The molecule has 0 saturated carbocycles. The molecule has 27 heavy (non-hydrogen) atoms. The SMILES string of the molecule is COCCn1c(C2CCCN2Cc2ncc(C)o2)nc2ccccc2c1=O. The number of oxazole rings is 1. The Balaban J connectivity index is 1.75. The lowest BCUT2D eigenvalue weighted by atomic mass is 10.1. The van der Waals surface area contributed by atoms with Crippen molar-refractivity contribution in [2.45, 2.75) is 38.9 Å². The number of nitrogens with zero attached hydrogens (tertiary/aromatic N) is 4. The summed E-state index contributed by atoms with van der Waals surface area (Å²) in [5, 5.41) is 0.644. The van der Waals surface area contributed by atoms with Crippen LogP contribution < -0.4 is 5.56 Å². The van der Waals surface area contributed by atoms with Crippen LogP contribution in [0.5, 0.6) is 0 Å². The van der Waals surface area contributed by atoms with E-state index in [1.54, 1.807) is 17.9 Å². The molecule has 1 saturated heterocycles. The van der Waals surface area contributed by atoms with Crippen LogP contribution in [0.2, 0.25) is 0 Å². The second-order valence-electron chi connectivity index (χ2n) is 6.93. The Morgan fingerprint density at radius 1 is 1.33 bits per heavy atom. The van der Waals surface area contributed by atoms with E-state index in [9.17, 15) is 4.79 Å². The van der Waals surface area contributed by atoms with Crippen LogP contribution in [-0.4, -0.2) is 39.7 Å². The molecule has 7 heteroatoms. The van der Waals surface area contributed by atoms with E-state index in [2.05, 4.69) is 9.88 Å². The van der Waals surface area contributed by atoms with E-state index in [0.717, 1.165) is 36.5 Å². The minimum atomic E-state index is -0.00790. The van der Waals surface area contributed by atoms with Crippen LogP contribution in [-0.2, 0) is 17.8 Å². The summed E-state index contributed by atoms with van der Waals surface area (Å²) < 4.78 is 12.7. The number of methoxy groups -OCH3 is 1. The molecule has 1 aliphatic rings. The molecule has 1 atom stereocenters. The third-order valence-electron chi connectivity index (χ3n) is 5.08. The number of hydrogen-bond donors (Lipinski definition) is 0. The highest BCUT2D eigenvalue weighted by Crippen LogP contribution is 2.32. The van der Waals surface area contributed by atoms with Crippen molar-refractivity contribution in [1.82, 2.24) is 19.4 Å². The summed E-state index contributed by atoms with van der Waals surface area (Å²) in [6.07, 6.45) is 3.75. The largest absolute Gasteiger partial charge is 0.445 e. The molecule has 0 aliphatic carbocycles. The van der Waals surface area contributed by atoms with Gasteiger partial charge in [-0.15, -0.1) is 0 Å². The number of rotatable bonds is 6. The molecule has 0 amide bonds. The van der Waals surface area contributed by atoms with Crippen LogP contribution in [0.15, 0.2) is 39.7 Å². The minimum absolute atomic E-state index is 0.00790. The Kier molecular flexibility index (Phi) is 5.05. The van der Waals surface area contributed by atoms with Crippen molar-refractivity contribution in [3.05, 3.63) is 58.3 Å². The molecule has 1 aromatic carbocycles. The Morgan fingerprint density at radius 2 is 2.19 bits per heavy atom. The number of aromatic nitrogens is 3. The van der Waals surface area contributed by atoms with Gasteiger partial charge in [-0.1, -0.05) is 12.1 Å². The van der Waals surface area contributed by atoms with E-state index in [1.807, 2.05) is 31.2 Å². The van der Waals surface area contributed by atoms with E-state index < -0.39 is 0 Å². The zero-order valence-corrected chi connectivity index (χ0v) is 15.7. The van der Waals surface area contributed by atoms with Gasteiger partial charge in [0.2, 0.25) is 5.89 Å². The smallest absolute Gasteiger partial charge is 0.261 e. The standard InChI is InChI=1S/C20H24N4O3/c1-14-12-21-18(27-14)13-23-9-5-8-17(23)19-22-16-7-4-3-6-15(16)20(25)24(19)10-11-26-2/h3-4,6-7,12,17H,5,8-11,13H2,1-2H3. The Bertz CT molecular complexity index is 994. The molecule has 0 radical (unpaired) electrons. The zero-order valence-electron chi connectivity index (χ0n) is 15.7. The number of benzene rings is 1. The van der Waals surface area contributed by atoms with Gasteiger partial charge >= 0.3 is 0 Å². The Morgan fingerprint density at radius 3 is 2.96 bits per heavy atom. The number of hydrogen-bond acceptors (Lipinski definition) is 6. The number of para-hydroxylation sites is 1. The highest BCUT2D eigenvalue weighted by molar-refractivity contribution is 5.77. The van der Waals surface area contributed by atoms with Gasteiger partial charge in [-0.25, -0.2) is 9.97 Å². The predicted octanol–water partition coefficient (Wildman–Crippen LogP) is 2.68. The van der Waals surface area contributed by atoms with Crippen molar-refractivity contribution in [2.24, 2.45) is 0 Å². The second-order valence-corrected chi connectivity index (χ2v) is 6.93. The first-order valence-corrected chi connectivity index (χ1v) is 9.31. The summed E-state index contributed by atoms with van der Waals surface area (Å²) in [7, 11) is 1.64. The molecule has 142 valence electrons. The van der Waals surface area contributed by atoms with Crippen molar-refractivity contribution in [2.75, 3.05) is 20.3 Å². The molecule has 3 aromatic rings. The first kappa shape index (κ1) is 17.9. The van der Waals surface area contributed by atoms with Gasteiger partial charge in [-0.05, 0) is 38.4 Å². The van der Waals surface area contributed by atoms with Crippen molar-refractivity contribution in [3.63, 3.8) is 0 Å². The van der Waals surface area contributed by atoms with Gasteiger partial charge in [0.1, 0.15) is 11.6 Å². The van der Waals surface area contributed by atoms with Crippen LogP contribution in [0, 0.1) is 6.92 Å². The maximum Gasteiger partial charge on any atom is 0.261 e. The molecule has 0 bridgehead atoms. The van der Waals surface area contributed by atoms with E-state index in [4.69, 9.17) is 14.1 Å². The summed E-state index contributed by atoms with van der Waals surface area (Å²) >= 11 is 0. The van der Waals surface area contributed by atoms with Gasteiger partial charge in [0.05, 0.1) is 42.8 Å². The van der Waals surface area contributed by atoms with Crippen LogP contribution in [0.1, 0.15) is 36.4 Å². The van der Waals surface area contributed by atoms with Crippen molar-refractivity contribution < 1.29 is 9.15 Å². The zero-order chi connectivity index (χ0) is 18.8. The summed E-state index contributed by atoms with van der Waals surface area (Å²) in [6, 6.07) is 7.59. The maximum absolute atomic E-state index is 13.1. The summed E-state index contributed by atoms with van der Waals surface area (Å²) in [6.45, 7) is 4.40. The fourth-order valence-corrected chi connectivity index (χ4v) is 3.79. The molecule has 1 aliphatic heterocycles. The van der Waals surface area contributed by atoms with Gasteiger partial charge in [0.15, 0.2) is 0 Å². The average Bonchev–Trinajstić information content (AvgIpc) is 3.30. The molecule has 1 unspecified atom stereocenters. The monoisotopic (exact) mass is 368 g/mol. The predicted molar refractivity (Wildman–Crippen MR) is 102 cm³/mol. The summed E-state index contributed by atoms with van der Waals surface area (Å²) in [5.74, 6) is 2.31. The van der Waals surface area contributed by atoms with E-state index in [1.165, 1.54) is 0 Å². The second kappa shape index (κ2) is 7.62. The lowest BCUT2D eigenvalue weighted by molar-refractivity contribution is 0.176. The molecular weight excluding hydrogens is 344 g/mol. The van der Waals surface area contributed by atoms with Crippen LogP contribution in [0.3, 0.4) is 0 Å². The Hall–Kier alpha value is -2.51. The van der Waals surface area contributed by atoms with Crippen LogP contribution in [0.4, 0.5) is 0 Å². The first-order chi connectivity index (χ1) is 13.2. The fraction of sp³-hybridized carbons (Fsp3) is 0.450. The molecule has 3 heterocycles. The summed E-state index contributed by atoms with van der Waals surface area (Å²) in [5.41, 5.74) is 0.733. The molecule has 4 rings (SSSR count). The molecule has 2 aromatic heterocycles. The van der Waals surface area contributed by atoms with E-state index >= 15 is 0 Å². The van der Waals surface area contributed by atoms with Crippen molar-refractivity contribution >= 4 is 10.9 Å². The summed E-state index contributed by atoms with van der Waals surface area (Å²) in [4.78, 5) is 24.6. The Labute approximate surface area is 157 Å². The van der Waals surface area contributed by atoms with Crippen molar-refractivity contribution in [1.29, 1.82) is 0 Å². The number of fused-ring (bicyclic) bond motifs is 1. The lowest BCUT2D eigenvalue weighted by Gasteiger charge is -2.25. The molecule has 7 nitrogen and oxygen atoms in total. The van der Waals surface area contributed by atoms with E-state index in [-0.39, 0.29) is 11.6 Å². The van der Waals surface area contributed by atoms with E-state index in [0.29, 0.717) is 31.0 Å². The average molecular weight is 368 g/mol. The first-order valence-electron chi connectivity index (χ1n) is 9.31. The molecule has 0 N–H and O–H groups in total. The highest BCUT2D eigenvalue weighted by atomic mass is 16.5. The van der Waals surface area contributed by atoms with Gasteiger partial charge in [0.25, 0.3) is 5.56 Å². The highest BCUT2D eigenvalue weighted by Gasteiger charge is 2.31. The van der Waals surface area contributed by atoms with Crippen molar-refractivity contribution in [3.8, 4) is 0 Å². The van der Waals surface area contributed by atoms with Crippen LogP contribution >= 0.6 is 0 Å². The topological polar surface area (TPSA) is 73.4 Å². The fourth-order valence-electron chi connectivity index (χ4n) is 3.79. The van der Waals surface area contributed by atoms with Gasteiger partial charge in [-0.3, -0.25) is 14.3 Å². The van der Waals surface area contributed by atoms with Gasteiger partial charge in [-0.2, -0.15) is 0 Å². The number of ether oxygens (including phenoxy) is 1. The molecule has 0 spiro atoms. The third kappa shape index (κ3) is 3.52. The third-order valence-corrected chi connectivity index (χ3v) is 5.08. The maximum atomic E-state index is 13.1. The minimum Gasteiger partial charge on any atom is -0.445 e. The lowest BCUT2D eigenvalue weighted by Crippen LogP contribution is -2.33. The molecule has 1 fully saturated rings.